The molecule has 8 nitrogen and oxygen atoms in total. The molecule has 4 rings (SSSR count). The number of hydrogen-bond donors (Lipinski definition) is 2. The zero-order valence-electron chi connectivity index (χ0n) is 18.8. The first-order valence-corrected chi connectivity index (χ1v) is 11.6. The van der Waals surface area contributed by atoms with Crippen LogP contribution in [0.2, 0.25) is 0 Å². The molecule has 2 aliphatic heterocycles. The highest BCUT2D eigenvalue weighted by Gasteiger charge is 2.47. The number of halogens is 5. The molecule has 1 aromatic heterocycles. The number of alkyl halides is 5. The van der Waals surface area contributed by atoms with Crippen molar-refractivity contribution in [3.8, 4) is 11.8 Å². The number of fused-ring (bicyclic) bond motifs is 1. The molecule has 14 heteroatoms. The number of carbonyl (C=O) groups is 2. The number of hydrogen-bond acceptors (Lipinski definition) is 7. The predicted molar refractivity (Wildman–Crippen MR) is 123 cm³/mol. The average molecular weight is 539 g/mol. The largest absolute Gasteiger partial charge is 0.573 e. The van der Waals surface area contributed by atoms with Gasteiger partial charge in [-0.3, -0.25) is 14.6 Å². The molecule has 2 aromatic rings. The smallest absolute Gasteiger partial charge is 0.406 e. The van der Waals surface area contributed by atoms with Gasteiger partial charge in [0.2, 0.25) is 5.91 Å². The number of nitrogens with zero attached hydrogens (tertiary/aromatic N) is 3. The molecule has 37 heavy (non-hydrogen) atoms. The first-order valence-electron chi connectivity index (χ1n) is 10.7. The van der Waals surface area contributed by atoms with E-state index in [1.807, 2.05) is 0 Å². The third-order valence-electron chi connectivity index (χ3n) is 5.42. The minimum atomic E-state index is -4.81. The van der Waals surface area contributed by atoms with Crippen LogP contribution in [0, 0.1) is 11.3 Å². The van der Waals surface area contributed by atoms with Gasteiger partial charge in [-0.1, -0.05) is 23.9 Å². The molecule has 2 atom stereocenters. The van der Waals surface area contributed by atoms with Crippen molar-refractivity contribution in [3.05, 3.63) is 53.9 Å². The Labute approximate surface area is 211 Å². The van der Waals surface area contributed by atoms with Crippen molar-refractivity contribution in [3.63, 3.8) is 0 Å². The summed E-state index contributed by atoms with van der Waals surface area (Å²) in [4.78, 5) is 30.5. The van der Waals surface area contributed by atoms with Gasteiger partial charge in [-0.2, -0.15) is 5.26 Å². The molecule has 1 saturated heterocycles. The maximum atomic E-state index is 13.6. The van der Waals surface area contributed by atoms with Crippen LogP contribution >= 0.6 is 11.8 Å². The van der Waals surface area contributed by atoms with Gasteiger partial charge in [0, 0.05) is 40.9 Å². The van der Waals surface area contributed by atoms with Crippen molar-refractivity contribution in [2.45, 2.75) is 35.0 Å². The fraction of sp³-hybridized carbons (Fsp3) is 0.304. The van der Waals surface area contributed by atoms with Gasteiger partial charge in [0.15, 0.2) is 0 Å². The van der Waals surface area contributed by atoms with E-state index in [2.05, 4.69) is 20.4 Å². The molecule has 0 radical (unpaired) electrons. The lowest BCUT2D eigenvalue weighted by Gasteiger charge is -2.19. The molecule has 1 fully saturated rings. The van der Waals surface area contributed by atoms with E-state index in [0.717, 1.165) is 4.90 Å². The first-order chi connectivity index (χ1) is 17.4. The summed E-state index contributed by atoms with van der Waals surface area (Å²) in [6, 6.07) is 5.75. The Morgan fingerprint density at radius 3 is 2.86 bits per heavy atom. The minimum absolute atomic E-state index is 0.156. The van der Waals surface area contributed by atoms with Crippen LogP contribution in [0.1, 0.15) is 22.3 Å². The lowest BCUT2D eigenvalue weighted by molar-refractivity contribution is -0.274. The number of ether oxygens (including phenoxy) is 1. The number of likely N-dealkylation sites (tertiary alicyclic amines) is 1. The minimum Gasteiger partial charge on any atom is -0.406 e. The third-order valence-corrected chi connectivity index (χ3v) is 6.56. The zero-order valence-corrected chi connectivity index (χ0v) is 19.6. The van der Waals surface area contributed by atoms with E-state index < -0.39 is 49.7 Å². The molecule has 2 amide bonds. The van der Waals surface area contributed by atoms with Crippen LogP contribution < -0.4 is 15.4 Å². The Bertz CT molecular complexity index is 1280. The molecule has 0 spiro atoms. The van der Waals surface area contributed by atoms with Crippen molar-refractivity contribution in [2.75, 3.05) is 18.4 Å². The summed E-state index contributed by atoms with van der Waals surface area (Å²) in [7, 11) is 0. The Balaban J connectivity index is 1.38. The van der Waals surface area contributed by atoms with E-state index in [0.29, 0.717) is 16.1 Å². The number of aromatic nitrogens is 1. The molecule has 194 valence electrons. The first kappa shape index (κ1) is 26.2. The summed E-state index contributed by atoms with van der Waals surface area (Å²) < 4.78 is 68.5. The summed E-state index contributed by atoms with van der Waals surface area (Å²) >= 11 is 1.33. The molecule has 0 saturated carbocycles. The molecule has 2 N–H and O–H groups in total. The number of pyridine rings is 1. The van der Waals surface area contributed by atoms with E-state index in [4.69, 9.17) is 5.26 Å². The number of thioether (sulfide) groups is 1. The van der Waals surface area contributed by atoms with Crippen molar-refractivity contribution >= 4 is 35.3 Å². The van der Waals surface area contributed by atoms with E-state index >= 15 is 0 Å². The Morgan fingerprint density at radius 2 is 2.14 bits per heavy atom. The quantitative estimate of drug-likeness (QED) is 0.534. The topological polar surface area (TPSA) is 107 Å². The van der Waals surface area contributed by atoms with E-state index in [9.17, 15) is 31.5 Å². The third kappa shape index (κ3) is 6.48. The van der Waals surface area contributed by atoms with Crippen LogP contribution in [0.15, 0.2) is 47.6 Å². The molecule has 0 aliphatic carbocycles. The van der Waals surface area contributed by atoms with Gasteiger partial charge in [-0.15, -0.1) is 13.2 Å². The summed E-state index contributed by atoms with van der Waals surface area (Å²) in [5.74, 6) is -4.98. The fourth-order valence-corrected chi connectivity index (χ4v) is 4.82. The number of benzene rings is 1. The van der Waals surface area contributed by atoms with E-state index in [1.54, 1.807) is 18.2 Å². The number of nitriles is 1. The zero-order chi connectivity index (χ0) is 26.8. The Hall–Kier alpha value is -3.86. The average Bonchev–Trinajstić information content (AvgIpc) is 3.39. The van der Waals surface area contributed by atoms with Crippen LogP contribution in [0.5, 0.6) is 5.75 Å². The highest BCUT2D eigenvalue weighted by molar-refractivity contribution is 8.00. The SMILES string of the molecule is N#C[C@@H]1CC(F)(F)CN1C(=O)CNC(=O)c1ccncc1/C=C/C1Nc2cc(OC(F)(F)F)ccc2S1. The summed E-state index contributed by atoms with van der Waals surface area (Å²) in [6.07, 6.45) is 0.468. The Kier molecular flexibility index (Phi) is 7.26. The second-order valence-electron chi connectivity index (χ2n) is 8.12. The van der Waals surface area contributed by atoms with Crippen LogP contribution in [-0.4, -0.2) is 58.5 Å². The van der Waals surface area contributed by atoms with Crippen molar-refractivity contribution < 1.29 is 36.3 Å². The van der Waals surface area contributed by atoms with Crippen LogP contribution in [-0.2, 0) is 4.79 Å². The monoisotopic (exact) mass is 539 g/mol. The standard InChI is InChI=1S/C23H18F5N5O3S/c24-22(25)8-14(9-29)33(12-22)20(34)11-31-21(35)16-5-6-30-10-13(16)1-4-19-32-17-7-15(36-23(26,27)28)2-3-18(17)37-19/h1-7,10,14,19,32H,8,11-12H2,(H,31,35)/b4-1+/t14-,19?/m0/s1. The maximum absolute atomic E-state index is 13.6. The van der Waals surface area contributed by atoms with Crippen molar-refractivity contribution in [1.29, 1.82) is 5.26 Å². The van der Waals surface area contributed by atoms with Crippen molar-refractivity contribution in [2.24, 2.45) is 0 Å². The predicted octanol–water partition coefficient (Wildman–Crippen LogP) is 4.03. The Morgan fingerprint density at radius 1 is 1.35 bits per heavy atom. The number of carbonyl (C=O) groups excluding carboxylic acids is 2. The second kappa shape index (κ2) is 10.3. The lowest BCUT2D eigenvalue weighted by atomic mass is 10.1. The molecule has 1 aromatic carbocycles. The van der Waals surface area contributed by atoms with Crippen LogP contribution in [0.25, 0.3) is 6.08 Å². The number of rotatable bonds is 6. The van der Waals surface area contributed by atoms with Gasteiger partial charge in [-0.25, -0.2) is 8.78 Å². The molecule has 2 aliphatic rings. The number of nitrogens with one attached hydrogen (secondary N) is 2. The molecular weight excluding hydrogens is 521 g/mol. The van der Waals surface area contributed by atoms with Gasteiger partial charge in [-0.05, 0) is 18.2 Å². The summed E-state index contributed by atoms with van der Waals surface area (Å²) in [6.45, 7) is -1.46. The summed E-state index contributed by atoms with van der Waals surface area (Å²) in [5, 5.41) is 14.1. The highest BCUT2D eigenvalue weighted by atomic mass is 32.2. The molecule has 1 unspecified atom stereocenters. The van der Waals surface area contributed by atoms with Crippen LogP contribution in [0.3, 0.4) is 0 Å². The normalized spacial score (nSPS) is 20.3. The molecule has 0 bridgehead atoms. The maximum Gasteiger partial charge on any atom is 0.573 e. The van der Waals surface area contributed by atoms with Gasteiger partial charge >= 0.3 is 6.36 Å². The molecule has 3 heterocycles. The fourth-order valence-electron chi connectivity index (χ4n) is 3.81. The number of anilines is 1. The van der Waals surface area contributed by atoms with E-state index in [-0.39, 0.29) is 16.7 Å². The van der Waals surface area contributed by atoms with Gasteiger partial charge in [0.1, 0.15) is 11.8 Å². The lowest BCUT2D eigenvalue weighted by Crippen LogP contribution is -2.43. The van der Waals surface area contributed by atoms with Gasteiger partial charge < -0.3 is 20.3 Å². The highest BCUT2D eigenvalue weighted by Crippen LogP contribution is 2.41. The molecular formula is C23H18F5N5O3S. The number of amides is 2. The van der Waals surface area contributed by atoms with Crippen LogP contribution in [0.4, 0.5) is 27.6 Å². The van der Waals surface area contributed by atoms with E-state index in [1.165, 1.54) is 48.4 Å². The summed E-state index contributed by atoms with van der Waals surface area (Å²) in [5.41, 5.74) is 0.991. The van der Waals surface area contributed by atoms with Crippen molar-refractivity contribution in [1.82, 2.24) is 15.2 Å². The van der Waals surface area contributed by atoms with Gasteiger partial charge in [0.05, 0.1) is 30.2 Å². The second-order valence-corrected chi connectivity index (χ2v) is 9.30. The van der Waals surface area contributed by atoms with Gasteiger partial charge in [0.25, 0.3) is 11.8 Å².